The molecule has 0 aromatic rings. The van der Waals surface area contributed by atoms with Gasteiger partial charge in [0.2, 0.25) is 5.96 Å². The maximum atomic E-state index is 7.11. The third-order valence-corrected chi connectivity index (χ3v) is 1.45. The second kappa shape index (κ2) is 7.35. The summed E-state index contributed by atoms with van der Waals surface area (Å²) in [6.07, 6.45) is 4.42. The van der Waals surface area contributed by atoms with Crippen molar-refractivity contribution in [3.05, 3.63) is 0 Å². The highest BCUT2D eigenvalue weighted by Gasteiger charge is 2.00. The van der Waals surface area contributed by atoms with Crippen LogP contribution in [0.3, 0.4) is 0 Å². The van der Waals surface area contributed by atoms with Crippen molar-refractivity contribution in [3.63, 3.8) is 0 Å². The summed E-state index contributed by atoms with van der Waals surface area (Å²) in [7, 11) is 0. The van der Waals surface area contributed by atoms with E-state index in [9.17, 15) is 0 Å². The lowest BCUT2D eigenvalue weighted by Crippen LogP contribution is -2.43. The van der Waals surface area contributed by atoms with Gasteiger partial charge in [-0.2, -0.15) is 5.12 Å². The van der Waals surface area contributed by atoms with Gasteiger partial charge in [0.15, 0.2) is 0 Å². The molecule has 0 bridgehead atoms. The number of nitrogens with one attached hydrogen (secondary N) is 2. The second-order valence-electron chi connectivity index (χ2n) is 2.58. The predicted octanol–water partition coefficient (Wildman–Crippen LogP) is -0.221. The third-order valence-electron chi connectivity index (χ3n) is 1.45. The van der Waals surface area contributed by atoms with Gasteiger partial charge < -0.3 is 11.5 Å². The van der Waals surface area contributed by atoms with E-state index in [0.29, 0.717) is 0 Å². The van der Waals surface area contributed by atoms with Crippen molar-refractivity contribution in [3.8, 4) is 0 Å². The first-order chi connectivity index (χ1) is 6.22. The van der Waals surface area contributed by atoms with Crippen LogP contribution in [-0.2, 0) is 0 Å². The maximum Gasteiger partial charge on any atom is 0.225 e. The molecular weight excluding hydrogens is 168 g/mol. The topological polar surface area (TPSA) is 104 Å². The number of hydrogen-bond acceptors (Lipinski definition) is 3. The minimum absolute atomic E-state index is 0.168. The van der Waals surface area contributed by atoms with E-state index >= 15 is 0 Å². The van der Waals surface area contributed by atoms with Crippen LogP contribution < -0.4 is 16.9 Å². The molecule has 76 valence electrons. The van der Waals surface area contributed by atoms with Crippen molar-refractivity contribution in [2.75, 3.05) is 6.54 Å². The molecule has 6 nitrogen and oxygen atoms in total. The van der Waals surface area contributed by atoms with Crippen molar-refractivity contribution in [2.24, 2.45) is 16.6 Å². The highest BCUT2D eigenvalue weighted by molar-refractivity contribution is 5.74. The zero-order valence-electron chi connectivity index (χ0n) is 7.95. The summed E-state index contributed by atoms with van der Waals surface area (Å²) in [6.45, 7) is 2.87. The maximum absolute atomic E-state index is 7.11. The van der Waals surface area contributed by atoms with E-state index in [2.05, 4.69) is 17.5 Å². The number of nitrogens with zero attached hydrogens (tertiary/aromatic N) is 2. The highest BCUT2D eigenvalue weighted by atomic mass is 15.7. The Kier molecular flexibility index (Phi) is 6.62. The normalized spacial score (nSPS) is 10.5. The van der Waals surface area contributed by atoms with Gasteiger partial charge in [-0.15, -0.1) is 5.10 Å². The first kappa shape index (κ1) is 11.7. The molecule has 0 aromatic carbocycles. The zero-order chi connectivity index (χ0) is 10.1. The Morgan fingerprint density at radius 1 is 1.62 bits per heavy atom. The molecular formula is C7H18N6. The van der Waals surface area contributed by atoms with Crippen LogP contribution in [0.1, 0.15) is 26.2 Å². The molecule has 0 heterocycles. The van der Waals surface area contributed by atoms with Crippen LogP contribution in [0.4, 0.5) is 0 Å². The van der Waals surface area contributed by atoms with E-state index in [1.807, 2.05) is 0 Å². The Morgan fingerprint density at radius 3 is 2.77 bits per heavy atom. The van der Waals surface area contributed by atoms with Gasteiger partial charge in [-0.25, -0.2) is 5.43 Å². The fourth-order valence-corrected chi connectivity index (χ4v) is 0.815. The summed E-state index contributed by atoms with van der Waals surface area (Å²) in [5.74, 6) is -0.168. The molecule has 0 atom stereocenters. The van der Waals surface area contributed by atoms with Crippen LogP contribution in [0, 0.1) is 5.41 Å². The number of nitrogens with two attached hydrogens (primary N) is 2. The van der Waals surface area contributed by atoms with Crippen molar-refractivity contribution >= 4 is 12.3 Å². The van der Waals surface area contributed by atoms with E-state index in [0.717, 1.165) is 37.3 Å². The summed E-state index contributed by atoms with van der Waals surface area (Å²) in [6, 6.07) is 0. The van der Waals surface area contributed by atoms with Gasteiger partial charge in [-0.05, 0) is 6.42 Å². The molecule has 13 heavy (non-hydrogen) atoms. The minimum Gasteiger partial charge on any atom is -0.388 e. The lowest BCUT2D eigenvalue weighted by atomic mass is 10.2. The Morgan fingerprint density at radius 2 is 2.31 bits per heavy atom. The van der Waals surface area contributed by atoms with Crippen LogP contribution in [0.25, 0.3) is 0 Å². The number of hydrogen-bond donors (Lipinski definition) is 4. The zero-order valence-corrected chi connectivity index (χ0v) is 7.95. The first-order valence-electron chi connectivity index (χ1n) is 4.34. The van der Waals surface area contributed by atoms with Crippen molar-refractivity contribution in [1.82, 2.24) is 10.5 Å². The molecule has 0 aliphatic heterocycles. The van der Waals surface area contributed by atoms with E-state index in [-0.39, 0.29) is 5.96 Å². The number of guanidine groups is 1. The van der Waals surface area contributed by atoms with E-state index in [4.69, 9.17) is 16.9 Å². The van der Waals surface area contributed by atoms with Gasteiger partial charge in [0.05, 0.1) is 0 Å². The summed E-state index contributed by atoms with van der Waals surface area (Å²) < 4.78 is 0. The predicted molar refractivity (Wildman–Crippen MR) is 54.0 cm³/mol. The quantitative estimate of drug-likeness (QED) is 0.199. The summed E-state index contributed by atoms with van der Waals surface area (Å²) in [5.41, 5.74) is 13.1. The van der Waals surface area contributed by atoms with Crippen molar-refractivity contribution in [1.29, 1.82) is 5.41 Å². The Hall–Kier alpha value is -1.30. The fourth-order valence-electron chi connectivity index (χ4n) is 0.815. The lowest BCUT2D eigenvalue weighted by molar-refractivity contribution is 0.313. The van der Waals surface area contributed by atoms with Crippen LogP contribution >= 0.6 is 0 Å². The molecule has 6 N–H and O–H groups in total. The number of unbranched alkanes of at least 4 members (excludes halogenated alkanes) is 2. The van der Waals surface area contributed by atoms with Crippen molar-refractivity contribution in [2.45, 2.75) is 26.2 Å². The molecule has 0 aromatic heterocycles. The first-order valence-corrected chi connectivity index (χ1v) is 4.34. The van der Waals surface area contributed by atoms with E-state index in [1.165, 1.54) is 0 Å². The average molecular weight is 186 g/mol. The molecule has 0 fully saturated rings. The molecule has 6 heteroatoms. The number of rotatable bonds is 6. The number of hydrazone groups is 1. The lowest BCUT2D eigenvalue weighted by Gasteiger charge is -2.16. The van der Waals surface area contributed by atoms with E-state index in [1.54, 1.807) is 0 Å². The minimum atomic E-state index is -0.168. The molecule has 0 saturated heterocycles. The SMILES string of the molecule is CCCCCNN(N=CN)C(=N)N. The number of hydrazine groups is 1. The third kappa shape index (κ3) is 5.92. The summed E-state index contributed by atoms with van der Waals surface area (Å²) in [4.78, 5) is 0. The van der Waals surface area contributed by atoms with Gasteiger partial charge in [0, 0.05) is 6.54 Å². The van der Waals surface area contributed by atoms with Gasteiger partial charge in [-0.3, -0.25) is 5.41 Å². The summed E-state index contributed by atoms with van der Waals surface area (Å²) in [5, 5.41) is 11.9. The Bertz CT molecular complexity index is 166. The molecule has 0 aliphatic carbocycles. The van der Waals surface area contributed by atoms with Crippen molar-refractivity contribution < 1.29 is 0 Å². The Labute approximate surface area is 78.4 Å². The molecule has 0 amide bonds. The van der Waals surface area contributed by atoms with Gasteiger partial charge in [-0.1, -0.05) is 19.8 Å². The van der Waals surface area contributed by atoms with Gasteiger partial charge >= 0.3 is 0 Å². The second-order valence-corrected chi connectivity index (χ2v) is 2.58. The molecule has 0 radical (unpaired) electrons. The van der Waals surface area contributed by atoms with Crippen LogP contribution in [0.15, 0.2) is 5.10 Å². The summed E-state index contributed by atoms with van der Waals surface area (Å²) >= 11 is 0. The van der Waals surface area contributed by atoms with E-state index < -0.39 is 0 Å². The van der Waals surface area contributed by atoms with Gasteiger partial charge in [0.1, 0.15) is 6.34 Å². The molecule has 0 aliphatic rings. The monoisotopic (exact) mass is 186 g/mol. The van der Waals surface area contributed by atoms with Crippen LogP contribution in [0.2, 0.25) is 0 Å². The highest BCUT2D eigenvalue weighted by Crippen LogP contribution is 1.91. The smallest absolute Gasteiger partial charge is 0.225 e. The van der Waals surface area contributed by atoms with Crippen LogP contribution in [0.5, 0.6) is 0 Å². The Balaban J connectivity index is 3.64. The molecule has 0 rings (SSSR count). The molecule has 0 saturated carbocycles. The standard InChI is InChI=1S/C7H18N6/c1-2-3-4-5-11-13(7(9)10)12-6-8/h6,11H,2-5H2,1H3,(H2,8,12)(H3,9,10). The van der Waals surface area contributed by atoms with Crippen LogP contribution in [-0.4, -0.2) is 24.0 Å². The average Bonchev–Trinajstić information content (AvgIpc) is 2.10. The van der Waals surface area contributed by atoms with Gasteiger partial charge in [0.25, 0.3) is 0 Å². The molecule has 0 unspecified atom stereocenters. The largest absolute Gasteiger partial charge is 0.388 e. The fraction of sp³-hybridized carbons (Fsp3) is 0.714. The molecule has 0 spiro atoms.